The molecule has 0 saturated carbocycles. The van der Waals surface area contributed by atoms with Crippen molar-refractivity contribution in [2.45, 2.75) is 32.5 Å². The first kappa shape index (κ1) is 19.8. The predicted octanol–water partition coefficient (Wildman–Crippen LogP) is 2.79. The van der Waals surface area contributed by atoms with Gasteiger partial charge in [-0.2, -0.15) is 13.2 Å². The summed E-state index contributed by atoms with van der Waals surface area (Å²) in [7, 11) is 0. The maximum Gasteiger partial charge on any atom is 0.417 e. The van der Waals surface area contributed by atoms with Crippen molar-refractivity contribution in [3.05, 3.63) is 22.8 Å². The largest absolute Gasteiger partial charge is 0.417 e. The fourth-order valence-electron chi connectivity index (χ4n) is 2.66. The van der Waals surface area contributed by atoms with Crippen molar-refractivity contribution in [2.24, 2.45) is 0 Å². The summed E-state index contributed by atoms with van der Waals surface area (Å²) in [6.07, 6.45) is -3.22. The SMILES string of the molecule is CC(C)NC(=O)CCN1CCN(c2ncc(C(F)(F)F)cc2Cl)CC1. The number of hydrogen-bond donors (Lipinski definition) is 1. The number of nitrogens with one attached hydrogen (secondary N) is 1. The summed E-state index contributed by atoms with van der Waals surface area (Å²) in [4.78, 5) is 19.6. The molecule has 0 spiro atoms. The van der Waals surface area contributed by atoms with Gasteiger partial charge in [0.1, 0.15) is 5.82 Å². The van der Waals surface area contributed by atoms with Crippen LogP contribution in [0.15, 0.2) is 12.3 Å². The lowest BCUT2D eigenvalue weighted by molar-refractivity contribution is -0.137. The van der Waals surface area contributed by atoms with Crippen LogP contribution in [0.5, 0.6) is 0 Å². The first-order valence-electron chi connectivity index (χ1n) is 8.16. The van der Waals surface area contributed by atoms with Gasteiger partial charge in [0.25, 0.3) is 0 Å². The molecule has 0 aliphatic carbocycles. The van der Waals surface area contributed by atoms with E-state index in [1.807, 2.05) is 18.7 Å². The van der Waals surface area contributed by atoms with Gasteiger partial charge in [-0.3, -0.25) is 9.69 Å². The third-order valence-electron chi connectivity index (χ3n) is 3.93. The summed E-state index contributed by atoms with van der Waals surface area (Å²) in [6, 6.07) is 1.03. The number of rotatable bonds is 5. The van der Waals surface area contributed by atoms with Crippen LogP contribution in [-0.2, 0) is 11.0 Å². The van der Waals surface area contributed by atoms with Gasteiger partial charge in [-0.15, -0.1) is 0 Å². The maximum absolute atomic E-state index is 12.7. The molecular weight excluding hydrogens is 357 g/mol. The van der Waals surface area contributed by atoms with Crippen LogP contribution in [-0.4, -0.2) is 54.6 Å². The smallest absolute Gasteiger partial charge is 0.354 e. The molecule has 0 aromatic carbocycles. The number of amides is 1. The molecule has 5 nitrogen and oxygen atoms in total. The Morgan fingerprint density at radius 3 is 2.48 bits per heavy atom. The molecule has 0 radical (unpaired) electrons. The lowest BCUT2D eigenvalue weighted by Crippen LogP contribution is -2.47. The molecular formula is C16H22ClF3N4O. The molecule has 2 heterocycles. The number of pyridine rings is 1. The standard InChI is InChI=1S/C16H22ClF3N4O/c1-11(2)22-14(25)3-4-23-5-7-24(8-6-23)15-13(17)9-12(10-21-15)16(18,19)20/h9-11H,3-8H2,1-2H3,(H,22,25). The number of carbonyl (C=O) groups excluding carboxylic acids is 1. The Labute approximate surface area is 150 Å². The Bertz CT molecular complexity index is 602. The lowest BCUT2D eigenvalue weighted by Gasteiger charge is -2.35. The van der Waals surface area contributed by atoms with Gasteiger partial charge in [-0.05, 0) is 19.9 Å². The topological polar surface area (TPSA) is 48.5 Å². The van der Waals surface area contributed by atoms with Crippen LogP contribution in [0.2, 0.25) is 5.02 Å². The second kappa shape index (κ2) is 8.23. The Hall–Kier alpha value is -1.54. The van der Waals surface area contributed by atoms with E-state index < -0.39 is 11.7 Å². The van der Waals surface area contributed by atoms with E-state index in [0.717, 1.165) is 12.3 Å². The van der Waals surface area contributed by atoms with E-state index in [2.05, 4.69) is 15.2 Å². The third-order valence-corrected chi connectivity index (χ3v) is 4.20. The number of nitrogens with zero attached hydrogens (tertiary/aromatic N) is 3. The van der Waals surface area contributed by atoms with Crippen molar-refractivity contribution in [2.75, 3.05) is 37.6 Å². The molecule has 0 bridgehead atoms. The fraction of sp³-hybridized carbons (Fsp3) is 0.625. The molecule has 0 unspecified atom stereocenters. The highest BCUT2D eigenvalue weighted by atomic mass is 35.5. The molecule has 0 atom stereocenters. The van der Waals surface area contributed by atoms with Crippen LogP contribution >= 0.6 is 11.6 Å². The quantitative estimate of drug-likeness (QED) is 0.856. The van der Waals surface area contributed by atoms with Gasteiger partial charge in [-0.1, -0.05) is 11.6 Å². The van der Waals surface area contributed by atoms with E-state index in [1.165, 1.54) is 0 Å². The first-order valence-corrected chi connectivity index (χ1v) is 8.54. The Morgan fingerprint density at radius 2 is 1.96 bits per heavy atom. The fourth-order valence-corrected chi connectivity index (χ4v) is 2.94. The van der Waals surface area contributed by atoms with E-state index in [1.54, 1.807) is 0 Å². The highest BCUT2D eigenvalue weighted by molar-refractivity contribution is 6.33. The van der Waals surface area contributed by atoms with Crippen LogP contribution < -0.4 is 10.2 Å². The molecule has 1 amide bonds. The molecule has 1 aromatic rings. The van der Waals surface area contributed by atoms with Gasteiger partial charge in [0.2, 0.25) is 5.91 Å². The Balaban J connectivity index is 1.87. The van der Waals surface area contributed by atoms with Crippen LogP contribution in [0.1, 0.15) is 25.8 Å². The van der Waals surface area contributed by atoms with Crippen LogP contribution in [0.3, 0.4) is 0 Å². The van der Waals surface area contributed by atoms with Gasteiger partial charge < -0.3 is 10.2 Å². The Kier molecular flexibility index (Phi) is 6.51. The minimum Gasteiger partial charge on any atom is -0.354 e. The van der Waals surface area contributed by atoms with E-state index in [0.29, 0.717) is 45.0 Å². The second-order valence-electron chi connectivity index (χ2n) is 6.33. The summed E-state index contributed by atoms with van der Waals surface area (Å²) in [5, 5.41) is 2.85. The van der Waals surface area contributed by atoms with Gasteiger partial charge in [0.15, 0.2) is 0 Å². The zero-order valence-corrected chi connectivity index (χ0v) is 15.0. The lowest BCUT2D eigenvalue weighted by atomic mass is 10.2. The maximum atomic E-state index is 12.7. The number of anilines is 1. The summed E-state index contributed by atoms with van der Waals surface area (Å²) in [6.45, 7) is 7.09. The van der Waals surface area contributed by atoms with E-state index >= 15 is 0 Å². The van der Waals surface area contributed by atoms with Crippen molar-refractivity contribution >= 4 is 23.3 Å². The molecule has 9 heteroatoms. The normalized spacial score (nSPS) is 16.4. The number of carbonyl (C=O) groups is 1. The molecule has 1 N–H and O–H groups in total. The molecule has 1 fully saturated rings. The molecule has 140 valence electrons. The van der Waals surface area contributed by atoms with Gasteiger partial charge in [0.05, 0.1) is 10.6 Å². The summed E-state index contributed by atoms with van der Waals surface area (Å²) in [5.74, 6) is 0.386. The molecule has 2 rings (SSSR count). The number of aromatic nitrogens is 1. The molecule has 25 heavy (non-hydrogen) atoms. The minimum atomic E-state index is -4.45. The van der Waals surface area contributed by atoms with Crippen molar-refractivity contribution in [1.29, 1.82) is 0 Å². The summed E-state index contributed by atoms with van der Waals surface area (Å²) >= 11 is 5.99. The zero-order valence-electron chi connectivity index (χ0n) is 14.2. The molecule has 1 aromatic heterocycles. The first-order chi connectivity index (χ1) is 11.7. The van der Waals surface area contributed by atoms with Crippen molar-refractivity contribution in [3.63, 3.8) is 0 Å². The van der Waals surface area contributed by atoms with E-state index in [9.17, 15) is 18.0 Å². The van der Waals surface area contributed by atoms with Gasteiger partial charge in [0, 0.05) is 51.4 Å². The monoisotopic (exact) mass is 378 g/mol. The highest BCUT2D eigenvalue weighted by Crippen LogP contribution is 2.33. The highest BCUT2D eigenvalue weighted by Gasteiger charge is 2.32. The van der Waals surface area contributed by atoms with Crippen LogP contribution in [0.25, 0.3) is 0 Å². The minimum absolute atomic E-state index is 0.000383. The van der Waals surface area contributed by atoms with E-state index in [-0.39, 0.29) is 17.0 Å². The van der Waals surface area contributed by atoms with Crippen molar-refractivity contribution in [1.82, 2.24) is 15.2 Å². The van der Waals surface area contributed by atoms with Crippen molar-refractivity contribution < 1.29 is 18.0 Å². The van der Waals surface area contributed by atoms with Crippen LogP contribution in [0, 0.1) is 0 Å². The molecule has 1 aliphatic rings. The average Bonchev–Trinajstić information content (AvgIpc) is 2.52. The van der Waals surface area contributed by atoms with Gasteiger partial charge in [-0.25, -0.2) is 4.98 Å². The summed E-state index contributed by atoms with van der Waals surface area (Å²) < 4.78 is 38.0. The van der Waals surface area contributed by atoms with E-state index in [4.69, 9.17) is 11.6 Å². The summed E-state index contributed by atoms with van der Waals surface area (Å²) in [5.41, 5.74) is -0.851. The molecule has 1 aliphatic heterocycles. The van der Waals surface area contributed by atoms with Crippen molar-refractivity contribution in [3.8, 4) is 0 Å². The average molecular weight is 379 g/mol. The third kappa shape index (κ3) is 5.74. The van der Waals surface area contributed by atoms with Gasteiger partial charge >= 0.3 is 6.18 Å². The number of alkyl halides is 3. The second-order valence-corrected chi connectivity index (χ2v) is 6.74. The zero-order chi connectivity index (χ0) is 18.6. The molecule has 1 saturated heterocycles. The number of piperazine rings is 1. The predicted molar refractivity (Wildman–Crippen MR) is 90.8 cm³/mol. The Morgan fingerprint density at radius 1 is 1.32 bits per heavy atom. The number of hydrogen-bond acceptors (Lipinski definition) is 4. The number of halogens is 4. The van der Waals surface area contributed by atoms with Crippen LogP contribution in [0.4, 0.5) is 19.0 Å².